The summed E-state index contributed by atoms with van der Waals surface area (Å²) in [5, 5.41) is 16.2. The van der Waals surface area contributed by atoms with E-state index >= 15 is 0 Å². The molecular formula is C23H23F4N5O3. The first-order valence-corrected chi connectivity index (χ1v) is 10.3. The number of alkyl halides is 3. The average molecular weight is 493 g/mol. The van der Waals surface area contributed by atoms with Gasteiger partial charge in [0, 0.05) is 37.0 Å². The maximum atomic E-state index is 13.1. The lowest BCUT2D eigenvalue weighted by molar-refractivity contribution is -0.192. The Kier molecular flexibility index (Phi) is 9.94. The molecule has 1 amide bonds. The molecule has 3 rings (SSSR count). The minimum absolute atomic E-state index is 0.120. The second-order valence-corrected chi connectivity index (χ2v) is 7.10. The van der Waals surface area contributed by atoms with Crippen molar-refractivity contribution in [2.75, 3.05) is 17.2 Å². The van der Waals surface area contributed by atoms with Gasteiger partial charge in [-0.25, -0.2) is 14.2 Å². The number of rotatable bonds is 8. The Bertz CT molecular complexity index is 1130. The van der Waals surface area contributed by atoms with Crippen LogP contribution in [0.4, 0.5) is 35.0 Å². The van der Waals surface area contributed by atoms with Crippen molar-refractivity contribution >= 4 is 29.3 Å². The second-order valence-electron chi connectivity index (χ2n) is 7.10. The van der Waals surface area contributed by atoms with Crippen molar-refractivity contribution in [2.45, 2.75) is 26.1 Å². The van der Waals surface area contributed by atoms with Gasteiger partial charge in [0.25, 0.3) is 0 Å². The maximum Gasteiger partial charge on any atom is 0.490 e. The van der Waals surface area contributed by atoms with Crippen LogP contribution in [-0.2, 0) is 16.1 Å². The molecule has 2 aromatic carbocycles. The number of hydrogen-bond acceptors (Lipinski definition) is 6. The molecule has 0 saturated carbocycles. The topological polar surface area (TPSA) is 116 Å². The number of carbonyl (C=O) groups is 2. The first-order chi connectivity index (χ1) is 16.5. The van der Waals surface area contributed by atoms with Crippen molar-refractivity contribution < 1.29 is 32.3 Å². The summed E-state index contributed by atoms with van der Waals surface area (Å²) in [4.78, 5) is 29.7. The van der Waals surface area contributed by atoms with Crippen molar-refractivity contribution in [1.82, 2.24) is 15.3 Å². The number of benzene rings is 2. The monoisotopic (exact) mass is 493 g/mol. The molecule has 8 nitrogen and oxygen atoms in total. The third kappa shape index (κ3) is 10.5. The number of halogens is 4. The molecule has 1 heterocycles. The molecular weight excluding hydrogens is 470 g/mol. The molecule has 0 spiro atoms. The van der Waals surface area contributed by atoms with E-state index in [0.717, 1.165) is 16.9 Å². The number of aliphatic carboxylic acids is 1. The number of amides is 1. The van der Waals surface area contributed by atoms with Gasteiger partial charge >= 0.3 is 12.1 Å². The molecule has 0 aliphatic rings. The number of para-hydroxylation sites is 1. The predicted molar refractivity (Wildman–Crippen MR) is 122 cm³/mol. The summed E-state index contributed by atoms with van der Waals surface area (Å²) < 4.78 is 44.9. The maximum absolute atomic E-state index is 13.1. The third-order valence-electron chi connectivity index (χ3n) is 4.16. The molecule has 186 valence electrons. The van der Waals surface area contributed by atoms with Crippen LogP contribution in [0.3, 0.4) is 0 Å². The average Bonchev–Trinajstić information content (AvgIpc) is 2.78. The molecule has 3 aromatic rings. The zero-order valence-electron chi connectivity index (χ0n) is 18.6. The quantitative estimate of drug-likeness (QED) is 0.343. The van der Waals surface area contributed by atoms with Crippen LogP contribution in [0.25, 0.3) is 0 Å². The van der Waals surface area contributed by atoms with Crippen LogP contribution in [0.5, 0.6) is 0 Å². The van der Waals surface area contributed by atoms with E-state index < -0.39 is 12.1 Å². The third-order valence-corrected chi connectivity index (χ3v) is 4.16. The first kappa shape index (κ1) is 27.0. The molecule has 0 aliphatic heterocycles. The van der Waals surface area contributed by atoms with Crippen molar-refractivity contribution in [3.8, 4) is 0 Å². The first-order valence-electron chi connectivity index (χ1n) is 10.3. The van der Waals surface area contributed by atoms with Crippen LogP contribution in [0.2, 0.25) is 0 Å². The summed E-state index contributed by atoms with van der Waals surface area (Å²) in [6.45, 7) is 2.61. The molecule has 4 N–H and O–H groups in total. The van der Waals surface area contributed by atoms with Gasteiger partial charge in [0.2, 0.25) is 11.9 Å². The predicted octanol–water partition coefficient (Wildman–Crippen LogP) is 4.42. The van der Waals surface area contributed by atoms with Gasteiger partial charge in [0.1, 0.15) is 11.6 Å². The van der Waals surface area contributed by atoms with Gasteiger partial charge in [-0.15, -0.1) is 0 Å². The highest BCUT2D eigenvalue weighted by atomic mass is 19.4. The molecule has 0 atom stereocenters. The number of carboxylic acid groups (broad SMARTS) is 1. The fourth-order valence-electron chi connectivity index (χ4n) is 2.61. The fourth-order valence-corrected chi connectivity index (χ4v) is 2.61. The van der Waals surface area contributed by atoms with Crippen LogP contribution >= 0.6 is 0 Å². The molecule has 35 heavy (non-hydrogen) atoms. The largest absolute Gasteiger partial charge is 0.490 e. The molecule has 0 unspecified atom stereocenters. The number of carboxylic acids is 1. The molecule has 0 aliphatic carbocycles. The number of anilines is 3. The van der Waals surface area contributed by atoms with E-state index in [1.54, 1.807) is 12.1 Å². The van der Waals surface area contributed by atoms with Crippen molar-refractivity contribution in [3.05, 3.63) is 77.7 Å². The van der Waals surface area contributed by atoms with Gasteiger partial charge in [-0.3, -0.25) is 4.79 Å². The minimum atomic E-state index is -5.08. The van der Waals surface area contributed by atoms with Crippen LogP contribution in [0.1, 0.15) is 17.7 Å². The molecule has 0 bridgehead atoms. The summed E-state index contributed by atoms with van der Waals surface area (Å²) in [7, 11) is 0. The number of aromatic nitrogens is 2. The number of aryl methyl sites for hydroxylation is 1. The Morgan fingerprint density at radius 3 is 2.31 bits per heavy atom. The highest BCUT2D eigenvalue weighted by Gasteiger charge is 2.38. The van der Waals surface area contributed by atoms with E-state index in [0.29, 0.717) is 24.9 Å². The number of carbonyl (C=O) groups excluding carboxylic acids is 1. The highest BCUT2D eigenvalue weighted by Crippen LogP contribution is 2.15. The summed E-state index contributed by atoms with van der Waals surface area (Å²) in [5.41, 5.74) is 2.44. The molecule has 1 aromatic heterocycles. The normalized spacial score (nSPS) is 10.5. The molecule has 0 saturated heterocycles. The summed E-state index contributed by atoms with van der Waals surface area (Å²) in [6.07, 6.45) is -4.81. The van der Waals surface area contributed by atoms with E-state index in [4.69, 9.17) is 9.90 Å². The van der Waals surface area contributed by atoms with E-state index in [1.807, 2.05) is 43.3 Å². The van der Waals surface area contributed by atoms with Crippen molar-refractivity contribution in [3.63, 3.8) is 0 Å². The Hall–Kier alpha value is -4.22. The van der Waals surface area contributed by atoms with Gasteiger partial charge < -0.3 is 21.1 Å². The number of nitrogens with one attached hydrogen (secondary N) is 3. The van der Waals surface area contributed by atoms with Gasteiger partial charge in [-0.2, -0.15) is 18.2 Å². The van der Waals surface area contributed by atoms with Crippen LogP contribution in [-0.4, -0.2) is 39.7 Å². The van der Waals surface area contributed by atoms with E-state index in [9.17, 15) is 22.4 Å². The highest BCUT2D eigenvalue weighted by molar-refractivity contribution is 5.76. The Balaban J connectivity index is 0.000000540. The zero-order valence-corrected chi connectivity index (χ0v) is 18.6. The van der Waals surface area contributed by atoms with Crippen LogP contribution in [0, 0.1) is 12.7 Å². The Morgan fingerprint density at radius 1 is 1.00 bits per heavy atom. The Morgan fingerprint density at radius 2 is 1.69 bits per heavy atom. The lowest BCUT2D eigenvalue weighted by Gasteiger charge is -2.10. The Labute approximate surface area is 198 Å². The summed E-state index contributed by atoms with van der Waals surface area (Å²) in [5.74, 6) is -2.06. The van der Waals surface area contributed by atoms with Crippen molar-refractivity contribution in [2.24, 2.45) is 0 Å². The van der Waals surface area contributed by atoms with Gasteiger partial charge in [-0.1, -0.05) is 30.3 Å². The van der Waals surface area contributed by atoms with E-state index in [-0.39, 0.29) is 18.1 Å². The van der Waals surface area contributed by atoms with Crippen molar-refractivity contribution in [1.29, 1.82) is 0 Å². The number of hydrogen-bond donors (Lipinski definition) is 4. The summed E-state index contributed by atoms with van der Waals surface area (Å²) >= 11 is 0. The number of nitrogens with zero attached hydrogens (tertiary/aromatic N) is 2. The van der Waals surface area contributed by atoms with Crippen LogP contribution in [0.15, 0.2) is 60.7 Å². The van der Waals surface area contributed by atoms with Gasteiger partial charge in [-0.05, 0) is 36.8 Å². The SMILES string of the molecule is Cc1cc(NCCC(=O)NCc2cccc(F)c2)nc(Nc2ccccc2)n1.O=C(O)C(F)(F)F. The minimum Gasteiger partial charge on any atom is -0.475 e. The lowest BCUT2D eigenvalue weighted by Crippen LogP contribution is -2.25. The van der Waals surface area contributed by atoms with E-state index in [2.05, 4.69) is 25.9 Å². The van der Waals surface area contributed by atoms with Crippen LogP contribution < -0.4 is 16.0 Å². The van der Waals surface area contributed by atoms with Gasteiger partial charge in [0.15, 0.2) is 0 Å². The van der Waals surface area contributed by atoms with Gasteiger partial charge in [0.05, 0.1) is 0 Å². The fraction of sp³-hybridized carbons (Fsp3) is 0.217. The standard InChI is InChI=1S/C21H22FN5O.C2HF3O2/c1-15-12-19(27-21(25-15)26-18-8-3-2-4-9-18)23-11-10-20(28)24-14-16-6-5-7-17(22)13-16;3-2(4,5)1(6)7/h2-9,12-13H,10-11,14H2,1H3,(H,24,28)(H2,23,25,26,27);(H,6,7). The zero-order chi connectivity index (χ0) is 25.8. The smallest absolute Gasteiger partial charge is 0.475 e. The molecule has 0 fully saturated rings. The summed E-state index contributed by atoms with van der Waals surface area (Å²) in [6, 6.07) is 17.7. The molecule has 0 radical (unpaired) electrons. The van der Waals surface area contributed by atoms with E-state index in [1.165, 1.54) is 12.1 Å². The molecule has 12 heteroatoms. The second kappa shape index (κ2) is 12.9. The lowest BCUT2D eigenvalue weighted by atomic mass is 10.2.